The number of para-hydroxylation sites is 2. The molecule has 0 saturated heterocycles. The number of benzene rings is 1. The van der Waals surface area contributed by atoms with Crippen molar-refractivity contribution >= 4 is 16.9 Å². The number of amides is 1. The second kappa shape index (κ2) is 5.49. The van der Waals surface area contributed by atoms with E-state index in [1.807, 2.05) is 38.1 Å². The van der Waals surface area contributed by atoms with Gasteiger partial charge in [0.2, 0.25) is 0 Å². The summed E-state index contributed by atoms with van der Waals surface area (Å²) in [4.78, 5) is 20.5. The molecule has 0 aliphatic rings. The molecule has 0 saturated carbocycles. The van der Waals surface area contributed by atoms with Gasteiger partial charge in [-0.1, -0.05) is 31.9 Å². The Bertz CT molecular complexity index is 643. The minimum atomic E-state index is -0.305. The highest BCUT2D eigenvalue weighted by Gasteiger charge is 2.16. The van der Waals surface area contributed by atoms with E-state index >= 15 is 0 Å². The van der Waals surface area contributed by atoms with E-state index < -0.39 is 0 Å². The number of hydrogen-bond donors (Lipinski definition) is 1. The zero-order valence-electron chi connectivity index (χ0n) is 10.9. The smallest absolute Gasteiger partial charge is 0.272 e. The number of terminal acetylenes is 1. The molecule has 1 aromatic heterocycles. The third-order valence-corrected chi connectivity index (χ3v) is 2.81. The maximum atomic E-state index is 12.1. The quantitative estimate of drug-likeness (QED) is 0.851. The number of hydrogen-bond acceptors (Lipinski definition) is 3. The highest BCUT2D eigenvalue weighted by molar-refractivity contribution is 5.94. The molecular weight excluding hydrogens is 238 g/mol. The van der Waals surface area contributed by atoms with Crippen molar-refractivity contribution in [3.8, 4) is 12.3 Å². The van der Waals surface area contributed by atoms with Crippen LogP contribution in [0.25, 0.3) is 11.0 Å². The van der Waals surface area contributed by atoms with E-state index in [1.54, 1.807) is 0 Å². The number of carbonyl (C=O) groups is 1. The summed E-state index contributed by atoms with van der Waals surface area (Å²) in [6, 6.07) is 7.10. The predicted octanol–water partition coefficient (Wildman–Crippen LogP) is 2.02. The van der Waals surface area contributed by atoms with Gasteiger partial charge in [-0.3, -0.25) is 9.78 Å². The molecule has 0 radical (unpaired) electrons. The number of fused-ring (bicyclic) bond motifs is 1. The standard InChI is InChI=1S/C15H15N3O/c1-4-11(10(2)3)18-15(19)14-9-16-12-7-5-6-8-13(12)17-14/h1,5-11H,2-3H3,(H,18,19). The first-order valence-electron chi connectivity index (χ1n) is 6.10. The Labute approximate surface area is 112 Å². The summed E-state index contributed by atoms with van der Waals surface area (Å²) in [6.07, 6.45) is 6.85. The largest absolute Gasteiger partial charge is 0.337 e. The molecular formula is C15H15N3O. The second-order valence-electron chi connectivity index (χ2n) is 4.61. The molecule has 2 rings (SSSR count). The fourth-order valence-corrected chi connectivity index (χ4v) is 1.68. The van der Waals surface area contributed by atoms with E-state index in [2.05, 4.69) is 21.2 Å². The molecule has 1 unspecified atom stereocenters. The second-order valence-corrected chi connectivity index (χ2v) is 4.61. The molecule has 0 spiro atoms. The molecule has 2 aromatic rings. The molecule has 1 heterocycles. The van der Waals surface area contributed by atoms with Crippen LogP contribution in [0.4, 0.5) is 0 Å². The average molecular weight is 253 g/mol. The van der Waals surface area contributed by atoms with Crippen molar-refractivity contribution in [3.05, 3.63) is 36.2 Å². The molecule has 96 valence electrons. The third kappa shape index (κ3) is 2.89. The van der Waals surface area contributed by atoms with Gasteiger partial charge in [0, 0.05) is 0 Å². The van der Waals surface area contributed by atoms with Crippen molar-refractivity contribution in [1.29, 1.82) is 0 Å². The summed E-state index contributed by atoms with van der Waals surface area (Å²) in [6.45, 7) is 3.91. The first-order valence-corrected chi connectivity index (χ1v) is 6.10. The van der Waals surface area contributed by atoms with E-state index in [0.29, 0.717) is 5.52 Å². The molecule has 0 aliphatic heterocycles. The maximum absolute atomic E-state index is 12.1. The molecule has 0 bridgehead atoms. The zero-order chi connectivity index (χ0) is 13.8. The average Bonchev–Trinajstić information content (AvgIpc) is 2.43. The Balaban J connectivity index is 2.24. The molecule has 1 atom stereocenters. The Morgan fingerprint density at radius 2 is 2.00 bits per heavy atom. The van der Waals surface area contributed by atoms with Gasteiger partial charge in [0.05, 0.1) is 23.3 Å². The van der Waals surface area contributed by atoms with E-state index in [4.69, 9.17) is 6.42 Å². The van der Waals surface area contributed by atoms with Gasteiger partial charge in [0.1, 0.15) is 5.69 Å². The first kappa shape index (κ1) is 13.0. The van der Waals surface area contributed by atoms with Crippen LogP contribution < -0.4 is 5.32 Å². The summed E-state index contributed by atoms with van der Waals surface area (Å²) in [5, 5.41) is 2.77. The summed E-state index contributed by atoms with van der Waals surface area (Å²) in [5.74, 6) is 2.43. The molecule has 0 fully saturated rings. The molecule has 1 aromatic carbocycles. The highest BCUT2D eigenvalue weighted by Crippen LogP contribution is 2.09. The lowest BCUT2D eigenvalue weighted by molar-refractivity contribution is 0.0933. The van der Waals surface area contributed by atoms with Crippen LogP contribution in [-0.2, 0) is 0 Å². The summed E-state index contributed by atoms with van der Waals surface area (Å²) in [7, 11) is 0. The van der Waals surface area contributed by atoms with Crippen LogP contribution in [0.2, 0.25) is 0 Å². The minimum absolute atomic E-state index is 0.169. The van der Waals surface area contributed by atoms with Crippen molar-refractivity contribution in [2.45, 2.75) is 19.9 Å². The Kier molecular flexibility index (Phi) is 3.76. The van der Waals surface area contributed by atoms with E-state index in [0.717, 1.165) is 5.52 Å². The Morgan fingerprint density at radius 3 is 2.63 bits per heavy atom. The van der Waals surface area contributed by atoms with Crippen molar-refractivity contribution in [2.75, 3.05) is 0 Å². The fourth-order valence-electron chi connectivity index (χ4n) is 1.68. The minimum Gasteiger partial charge on any atom is -0.337 e. The van der Waals surface area contributed by atoms with Crippen LogP contribution in [0.15, 0.2) is 30.5 Å². The van der Waals surface area contributed by atoms with Crippen LogP contribution in [0.3, 0.4) is 0 Å². The number of carbonyl (C=O) groups excluding carboxylic acids is 1. The van der Waals surface area contributed by atoms with Crippen LogP contribution in [-0.4, -0.2) is 21.9 Å². The Morgan fingerprint density at radius 1 is 1.32 bits per heavy atom. The normalized spacial score (nSPS) is 12.1. The van der Waals surface area contributed by atoms with Crippen LogP contribution in [0.5, 0.6) is 0 Å². The molecule has 1 amide bonds. The summed E-state index contributed by atoms with van der Waals surface area (Å²) < 4.78 is 0. The monoisotopic (exact) mass is 253 g/mol. The van der Waals surface area contributed by atoms with Gasteiger partial charge in [-0.2, -0.15) is 0 Å². The van der Waals surface area contributed by atoms with Crippen molar-refractivity contribution < 1.29 is 4.79 Å². The lowest BCUT2D eigenvalue weighted by Gasteiger charge is -2.16. The number of nitrogens with one attached hydrogen (secondary N) is 1. The number of nitrogens with zero attached hydrogens (tertiary/aromatic N) is 2. The van der Waals surface area contributed by atoms with Gasteiger partial charge < -0.3 is 5.32 Å². The van der Waals surface area contributed by atoms with Gasteiger partial charge in [0.25, 0.3) is 5.91 Å². The van der Waals surface area contributed by atoms with Crippen molar-refractivity contribution in [2.24, 2.45) is 5.92 Å². The van der Waals surface area contributed by atoms with Crippen molar-refractivity contribution in [1.82, 2.24) is 15.3 Å². The van der Waals surface area contributed by atoms with Gasteiger partial charge >= 0.3 is 0 Å². The van der Waals surface area contributed by atoms with Gasteiger partial charge in [-0.25, -0.2) is 4.98 Å². The van der Waals surface area contributed by atoms with Crippen molar-refractivity contribution in [3.63, 3.8) is 0 Å². The zero-order valence-corrected chi connectivity index (χ0v) is 10.9. The first-order chi connectivity index (χ1) is 9.11. The maximum Gasteiger partial charge on any atom is 0.272 e. The SMILES string of the molecule is C#CC(NC(=O)c1cnc2ccccc2n1)C(C)C. The van der Waals surface area contributed by atoms with E-state index in [9.17, 15) is 4.79 Å². The van der Waals surface area contributed by atoms with Crippen LogP contribution in [0.1, 0.15) is 24.3 Å². The fraction of sp³-hybridized carbons (Fsp3) is 0.267. The molecule has 4 nitrogen and oxygen atoms in total. The third-order valence-electron chi connectivity index (χ3n) is 2.81. The summed E-state index contributed by atoms with van der Waals surface area (Å²) in [5.41, 5.74) is 1.73. The topological polar surface area (TPSA) is 54.9 Å². The van der Waals surface area contributed by atoms with Crippen LogP contribution >= 0.6 is 0 Å². The van der Waals surface area contributed by atoms with Gasteiger partial charge in [-0.05, 0) is 18.1 Å². The molecule has 0 aliphatic carbocycles. The lowest BCUT2D eigenvalue weighted by atomic mass is 10.1. The molecule has 1 N–H and O–H groups in total. The number of aromatic nitrogens is 2. The van der Waals surface area contributed by atoms with Gasteiger partial charge in [0.15, 0.2) is 0 Å². The van der Waals surface area contributed by atoms with E-state index in [-0.39, 0.29) is 23.6 Å². The Hall–Kier alpha value is -2.41. The van der Waals surface area contributed by atoms with E-state index in [1.165, 1.54) is 6.20 Å². The summed E-state index contributed by atoms with van der Waals surface area (Å²) >= 11 is 0. The lowest BCUT2D eigenvalue weighted by Crippen LogP contribution is -2.37. The highest BCUT2D eigenvalue weighted by atomic mass is 16.1. The van der Waals surface area contributed by atoms with Gasteiger partial charge in [-0.15, -0.1) is 6.42 Å². The predicted molar refractivity (Wildman–Crippen MR) is 74.5 cm³/mol. The molecule has 19 heavy (non-hydrogen) atoms. The molecule has 4 heteroatoms. The van der Waals surface area contributed by atoms with Crippen LogP contribution in [0, 0.1) is 18.3 Å². The number of rotatable bonds is 3.